The van der Waals surface area contributed by atoms with Crippen LogP contribution in [0.2, 0.25) is 0 Å². The SMILES string of the molecule is C=C(/C=C\C(=C)c1ccc(C#N)cc1)c1ccc(C)cc1.CO. The van der Waals surface area contributed by atoms with Gasteiger partial charge in [-0.05, 0) is 41.3 Å². The maximum Gasteiger partial charge on any atom is 0.0991 e. The quantitative estimate of drug-likeness (QED) is 0.828. The van der Waals surface area contributed by atoms with E-state index < -0.39 is 0 Å². The van der Waals surface area contributed by atoms with Crippen LogP contribution < -0.4 is 0 Å². The van der Waals surface area contributed by atoms with Gasteiger partial charge in [0.15, 0.2) is 0 Å². The highest BCUT2D eigenvalue weighted by Crippen LogP contribution is 2.19. The third kappa shape index (κ3) is 5.43. The van der Waals surface area contributed by atoms with Gasteiger partial charge in [-0.15, -0.1) is 0 Å². The molecule has 0 spiro atoms. The molecule has 0 bridgehead atoms. The summed E-state index contributed by atoms with van der Waals surface area (Å²) >= 11 is 0. The van der Waals surface area contributed by atoms with E-state index in [9.17, 15) is 0 Å². The number of rotatable bonds is 4. The molecule has 0 saturated heterocycles. The molecule has 0 amide bonds. The zero-order valence-electron chi connectivity index (χ0n) is 13.6. The van der Waals surface area contributed by atoms with Crippen molar-refractivity contribution in [3.8, 4) is 6.07 Å². The van der Waals surface area contributed by atoms with Crippen LogP contribution in [-0.4, -0.2) is 12.2 Å². The number of aliphatic hydroxyl groups excluding tert-OH is 1. The van der Waals surface area contributed by atoms with Crippen molar-refractivity contribution in [2.75, 3.05) is 7.11 Å². The van der Waals surface area contributed by atoms with Crippen LogP contribution in [0.1, 0.15) is 22.3 Å². The maximum atomic E-state index is 8.79. The zero-order chi connectivity index (χ0) is 17.2. The second-order valence-corrected chi connectivity index (χ2v) is 4.94. The third-order valence-electron chi connectivity index (χ3n) is 3.29. The fraction of sp³-hybridized carbons (Fsp3) is 0.0952. The first-order chi connectivity index (χ1) is 11.1. The van der Waals surface area contributed by atoms with Crippen LogP contribution in [0.5, 0.6) is 0 Å². The van der Waals surface area contributed by atoms with Crippen LogP contribution in [0.3, 0.4) is 0 Å². The molecule has 23 heavy (non-hydrogen) atoms. The summed E-state index contributed by atoms with van der Waals surface area (Å²) in [6.07, 6.45) is 3.91. The van der Waals surface area contributed by atoms with Gasteiger partial charge in [0.1, 0.15) is 0 Å². The van der Waals surface area contributed by atoms with Gasteiger partial charge in [0.25, 0.3) is 0 Å². The van der Waals surface area contributed by atoms with Crippen LogP contribution in [0.15, 0.2) is 73.8 Å². The molecule has 0 fully saturated rings. The van der Waals surface area contributed by atoms with E-state index in [1.54, 1.807) is 12.1 Å². The van der Waals surface area contributed by atoms with Gasteiger partial charge in [0.05, 0.1) is 11.6 Å². The van der Waals surface area contributed by atoms with E-state index >= 15 is 0 Å². The summed E-state index contributed by atoms with van der Waals surface area (Å²) in [6.45, 7) is 10.2. The minimum atomic E-state index is 0.652. The minimum absolute atomic E-state index is 0.652. The maximum absolute atomic E-state index is 8.79. The van der Waals surface area contributed by atoms with Crippen LogP contribution in [0, 0.1) is 18.3 Å². The van der Waals surface area contributed by atoms with Crippen molar-refractivity contribution in [3.63, 3.8) is 0 Å². The first-order valence-electron chi connectivity index (χ1n) is 7.18. The van der Waals surface area contributed by atoms with Crippen LogP contribution >= 0.6 is 0 Å². The molecular weight excluding hydrogens is 282 g/mol. The summed E-state index contributed by atoms with van der Waals surface area (Å²) in [4.78, 5) is 0. The zero-order valence-corrected chi connectivity index (χ0v) is 13.6. The summed E-state index contributed by atoms with van der Waals surface area (Å²) in [5, 5.41) is 15.8. The second-order valence-electron chi connectivity index (χ2n) is 4.94. The Morgan fingerprint density at radius 2 is 1.26 bits per heavy atom. The van der Waals surface area contributed by atoms with Gasteiger partial charge in [-0.2, -0.15) is 5.26 Å². The molecule has 0 radical (unpaired) electrons. The lowest BCUT2D eigenvalue weighted by atomic mass is 10.0. The predicted molar refractivity (Wildman–Crippen MR) is 97.7 cm³/mol. The van der Waals surface area contributed by atoms with Gasteiger partial charge in [-0.1, -0.05) is 67.3 Å². The topological polar surface area (TPSA) is 44.0 Å². The monoisotopic (exact) mass is 303 g/mol. The summed E-state index contributed by atoms with van der Waals surface area (Å²) in [5.74, 6) is 0. The molecule has 0 aliphatic heterocycles. The Labute approximate surface area is 138 Å². The van der Waals surface area contributed by atoms with Crippen LogP contribution in [0.25, 0.3) is 11.1 Å². The third-order valence-corrected chi connectivity index (χ3v) is 3.29. The number of hydrogen-bond acceptors (Lipinski definition) is 2. The number of nitrogens with zero attached hydrogens (tertiary/aromatic N) is 1. The lowest BCUT2D eigenvalue weighted by molar-refractivity contribution is 0.399. The molecular formula is C21H21NO. The standard InChI is InChI=1S/C20H17N.CH4O/c1-15-4-10-19(11-5-15)16(2)6-7-17(3)20-12-8-18(14-21)9-13-20;1-2/h4-13H,2-3H2,1H3;2H,1H3/b7-6-;. The fourth-order valence-corrected chi connectivity index (χ4v) is 1.92. The molecule has 116 valence electrons. The predicted octanol–water partition coefficient (Wildman–Crippen LogP) is 4.76. The Morgan fingerprint density at radius 1 is 0.870 bits per heavy atom. The van der Waals surface area contributed by atoms with Gasteiger partial charge in [-0.25, -0.2) is 0 Å². The van der Waals surface area contributed by atoms with Crippen LogP contribution in [-0.2, 0) is 0 Å². The molecule has 0 aliphatic rings. The number of aryl methyl sites for hydroxylation is 1. The summed E-state index contributed by atoms with van der Waals surface area (Å²) in [6, 6.07) is 17.8. The van der Waals surface area contributed by atoms with Crippen molar-refractivity contribution in [2.45, 2.75) is 6.92 Å². The molecule has 0 aromatic heterocycles. The van der Waals surface area contributed by atoms with E-state index in [2.05, 4.69) is 50.4 Å². The molecule has 2 heteroatoms. The Kier molecular flexibility index (Phi) is 7.26. The minimum Gasteiger partial charge on any atom is -0.400 e. The van der Waals surface area contributed by atoms with Gasteiger partial charge >= 0.3 is 0 Å². The number of nitriles is 1. The molecule has 1 N–H and O–H groups in total. The number of aliphatic hydroxyl groups is 1. The highest BCUT2D eigenvalue weighted by atomic mass is 16.2. The van der Waals surface area contributed by atoms with E-state index in [4.69, 9.17) is 10.4 Å². The fourth-order valence-electron chi connectivity index (χ4n) is 1.92. The Hall–Kier alpha value is -2.89. The Balaban J connectivity index is 0.00000127. The van der Waals surface area contributed by atoms with E-state index in [1.165, 1.54) is 5.56 Å². The Bertz CT molecular complexity index is 729. The lowest BCUT2D eigenvalue weighted by Crippen LogP contribution is -1.82. The number of allylic oxidation sites excluding steroid dienone is 4. The van der Waals surface area contributed by atoms with E-state index in [-0.39, 0.29) is 0 Å². The smallest absolute Gasteiger partial charge is 0.0991 e. The molecule has 2 nitrogen and oxygen atoms in total. The first-order valence-corrected chi connectivity index (χ1v) is 7.18. The van der Waals surface area contributed by atoms with Crippen molar-refractivity contribution in [3.05, 3.63) is 96.1 Å². The molecule has 0 heterocycles. The molecule has 0 aliphatic carbocycles. The molecule has 2 rings (SSSR count). The molecule has 2 aromatic carbocycles. The van der Waals surface area contributed by atoms with Crippen LogP contribution in [0.4, 0.5) is 0 Å². The highest BCUT2D eigenvalue weighted by Gasteiger charge is 1.98. The highest BCUT2D eigenvalue weighted by molar-refractivity contribution is 5.79. The van der Waals surface area contributed by atoms with Gasteiger partial charge in [0, 0.05) is 7.11 Å². The second kappa shape index (κ2) is 9.19. The van der Waals surface area contributed by atoms with Gasteiger partial charge < -0.3 is 5.11 Å². The Morgan fingerprint density at radius 3 is 1.65 bits per heavy atom. The summed E-state index contributed by atoms with van der Waals surface area (Å²) in [5.41, 5.74) is 5.83. The molecule has 0 atom stereocenters. The van der Waals surface area contributed by atoms with E-state index in [0.29, 0.717) is 5.56 Å². The molecule has 0 unspecified atom stereocenters. The number of hydrogen-bond donors (Lipinski definition) is 1. The van der Waals surface area contributed by atoms with Crippen molar-refractivity contribution in [1.29, 1.82) is 5.26 Å². The van der Waals surface area contributed by atoms with E-state index in [1.807, 2.05) is 24.3 Å². The van der Waals surface area contributed by atoms with E-state index in [0.717, 1.165) is 29.4 Å². The average molecular weight is 303 g/mol. The van der Waals surface area contributed by atoms with Gasteiger partial charge in [0.2, 0.25) is 0 Å². The first kappa shape index (κ1) is 18.2. The summed E-state index contributed by atoms with van der Waals surface area (Å²) in [7, 11) is 1.00. The normalized spacial score (nSPS) is 9.65. The van der Waals surface area contributed by atoms with Crippen molar-refractivity contribution >= 4 is 11.1 Å². The van der Waals surface area contributed by atoms with Crippen molar-refractivity contribution in [2.24, 2.45) is 0 Å². The van der Waals surface area contributed by atoms with Crippen molar-refractivity contribution in [1.82, 2.24) is 0 Å². The molecule has 0 saturated carbocycles. The average Bonchev–Trinajstić information content (AvgIpc) is 2.61. The lowest BCUT2D eigenvalue weighted by Gasteiger charge is -2.03. The van der Waals surface area contributed by atoms with Gasteiger partial charge in [-0.3, -0.25) is 0 Å². The molecule has 2 aromatic rings. The van der Waals surface area contributed by atoms with Crippen molar-refractivity contribution < 1.29 is 5.11 Å². The summed E-state index contributed by atoms with van der Waals surface area (Å²) < 4.78 is 0. The largest absolute Gasteiger partial charge is 0.400 e. The number of benzene rings is 2.